The lowest BCUT2D eigenvalue weighted by Gasteiger charge is -2.38. The Labute approximate surface area is 173 Å². The first-order chi connectivity index (χ1) is 13.9. The van der Waals surface area contributed by atoms with Gasteiger partial charge in [0.05, 0.1) is 18.9 Å². The normalized spacial score (nSPS) is 29.2. The molecule has 0 radical (unpaired) electrons. The molecule has 1 saturated heterocycles. The van der Waals surface area contributed by atoms with Gasteiger partial charge in [-0.3, -0.25) is 9.69 Å². The van der Waals surface area contributed by atoms with Crippen molar-refractivity contribution in [3.8, 4) is 5.75 Å². The molecule has 1 aliphatic carbocycles. The largest absolute Gasteiger partial charge is 0.485 e. The van der Waals surface area contributed by atoms with E-state index in [1.165, 1.54) is 4.90 Å². The molecule has 1 N–H and O–H groups in total. The summed E-state index contributed by atoms with van der Waals surface area (Å²) in [6.45, 7) is 6.85. The molecule has 2 aliphatic heterocycles. The van der Waals surface area contributed by atoms with Gasteiger partial charge in [-0.25, -0.2) is 9.69 Å². The first-order valence-corrected chi connectivity index (χ1v) is 10.8. The molecule has 0 bridgehead atoms. The maximum absolute atomic E-state index is 13.2. The van der Waals surface area contributed by atoms with Crippen LogP contribution in [-0.2, 0) is 4.79 Å². The summed E-state index contributed by atoms with van der Waals surface area (Å²) in [6, 6.07) is 7.82. The Kier molecular flexibility index (Phi) is 5.42. The van der Waals surface area contributed by atoms with Crippen LogP contribution in [0.5, 0.6) is 5.75 Å². The van der Waals surface area contributed by atoms with Crippen LogP contribution in [0.2, 0.25) is 0 Å². The number of anilines is 1. The van der Waals surface area contributed by atoms with Crippen LogP contribution in [0.1, 0.15) is 39.5 Å². The fourth-order valence-corrected chi connectivity index (χ4v) is 5.04. The lowest BCUT2D eigenvalue weighted by Crippen LogP contribution is -2.54. The summed E-state index contributed by atoms with van der Waals surface area (Å²) in [7, 11) is 1.94. The van der Waals surface area contributed by atoms with Gasteiger partial charge in [0.15, 0.2) is 0 Å². The van der Waals surface area contributed by atoms with Gasteiger partial charge in [0.25, 0.3) is 5.91 Å². The number of nitrogens with one attached hydrogen (secondary N) is 1. The van der Waals surface area contributed by atoms with Crippen molar-refractivity contribution in [2.24, 2.45) is 5.92 Å². The second kappa shape index (κ2) is 7.86. The summed E-state index contributed by atoms with van der Waals surface area (Å²) in [5.41, 5.74) is 0.423. The van der Waals surface area contributed by atoms with Crippen molar-refractivity contribution in [3.05, 3.63) is 24.3 Å². The van der Waals surface area contributed by atoms with E-state index in [1.807, 2.05) is 30.1 Å². The van der Waals surface area contributed by atoms with Gasteiger partial charge in [-0.2, -0.15) is 0 Å². The molecule has 3 aliphatic rings. The van der Waals surface area contributed by atoms with Crippen molar-refractivity contribution in [2.75, 3.05) is 38.3 Å². The van der Waals surface area contributed by atoms with Crippen molar-refractivity contribution >= 4 is 17.6 Å². The number of likely N-dealkylation sites (N-methyl/N-ethyl adjacent to an activating group) is 2. The van der Waals surface area contributed by atoms with E-state index in [0.29, 0.717) is 6.54 Å². The molecule has 1 spiro atoms. The molecule has 0 aromatic heterocycles. The number of nitrogens with zero attached hydrogens (tertiary/aromatic N) is 3. The lowest BCUT2D eigenvalue weighted by atomic mass is 9.73. The predicted octanol–water partition coefficient (Wildman–Crippen LogP) is 2.66. The Hall–Kier alpha value is -2.28. The number of imide groups is 1. The smallest absolute Gasteiger partial charge is 0.326 e. The molecular formula is C22H32N4O3. The van der Waals surface area contributed by atoms with Crippen molar-refractivity contribution < 1.29 is 14.3 Å². The van der Waals surface area contributed by atoms with Gasteiger partial charge < -0.3 is 15.0 Å². The summed E-state index contributed by atoms with van der Waals surface area (Å²) < 4.78 is 6.19. The summed E-state index contributed by atoms with van der Waals surface area (Å²) in [4.78, 5) is 31.5. The van der Waals surface area contributed by atoms with E-state index in [4.69, 9.17) is 4.74 Å². The topological polar surface area (TPSA) is 65.1 Å². The molecule has 3 atom stereocenters. The average Bonchev–Trinajstić information content (AvgIpc) is 2.94. The van der Waals surface area contributed by atoms with Crippen molar-refractivity contribution in [2.45, 2.75) is 51.2 Å². The zero-order valence-corrected chi connectivity index (χ0v) is 17.7. The Morgan fingerprint density at radius 1 is 1.28 bits per heavy atom. The van der Waals surface area contributed by atoms with Gasteiger partial charge in [0, 0.05) is 13.1 Å². The second-order valence-electron chi connectivity index (χ2n) is 8.71. The molecule has 1 aromatic carbocycles. The quantitative estimate of drug-likeness (QED) is 0.770. The Morgan fingerprint density at radius 2 is 2.07 bits per heavy atom. The number of carbonyl (C=O) groups excluding carboxylic acids is 2. The predicted molar refractivity (Wildman–Crippen MR) is 112 cm³/mol. The molecule has 3 amide bonds. The number of ether oxygens (including phenoxy) is 1. The number of urea groups is 1. The first kappa shape index (κ1) is 20.0. The van der Waals surface area contributed by atoms with Crippen LogP contribution in [-0.4, -0.2) is 66.7 Å². The molecule has 3 unspecified atom stereocenters. The van der Waals surface area contributed by atoms with Crippen molar-refractivity contribution in [3.63, 3.8) is 0 Å². The highest BCUT2D eigenvalue weighted by Gasteiger charge is 2.54. The van der Waals surface area contributed by atoms with E-state index in [1.54, 1.807) is 0 Å². The maximum atomic E-state index is 13.2. The molecule has 29 heavy (non-hydrogen) atoms. The number of fused-ring (bicyclic) bond motifs is 1. The van der Waals surface area contributed by atoms with E-state index < -0.39 is 5.54 Å². The molecule has 2 heterocycles. The van der Waals surface area contributed by atoms with Crippen LogP contribution in [0.3, 0.4) is 0 Å². The van der Waals surface area contributed by atoms with Gasteiger partial charge in [-0.05, 0) is 44.9 Å². The lowest BCUT2D eigenvalue weighted by molar-refractivity contribution is -0.135. The number of benzene rings is 1. The summed E-state index contributed by atoms with van der Waals surface area (Å²) in [6.07, 6.45) is 3.83. The molecule has 4 rings (SSSR count). The molecule has 7 heteroatoms. The fourth-order valence-electron chi connectivity index (χ4n) is 5.04. The first-order valence-electron chi connectivity index (χ1n) is 10.8. The fraction of sp³-hybridized carbons (Fsp3) is 0.636. The van der Waals surface area contributed by atoms with Crippen molar-refractivity contribution in [1.82, 2.24) is 15.1 Å². The zero-order chi connectivity index (χ0) is 20.6. The van der Waals surface area contributed by atoms with Crippen LogP contribution in [0.4, 0.5) is 10.5 Å². The third-order valence-electron chi connectivity index (χ3n) is 6.70. The molecule has 2 fully saturated rings. The minimum atomic E-state index is -0.699. The third kappa shape index (κ3) is 3.56. The van der Waals surface area contributed by atoms with Crippen LogP contribution >= 0.6 is 0 Å². The second-order valence-corrected chi connectivity index (χ2v) is 8.71. The van der Waals surface area contributed by atoms with Gasteiger partial charge >= 0.3 is 6.03 Å². The van der Waals surface area contributed by atoms with Crippen LogP contribution in [0, 0.1) is 5.92 Å². The van der Waals surface area contributed by atoms with Gasteiger partial charge in [0.2, 0.25) is 0 Å². The highest BCUT2D eigenvalue weighted by Crippen LogP contribution is 2.38. The molecule has 7 nitrogen and oxygen atoms in total. The standard InChI is InChI=1S/C22H32N4O3/c1-4-25-14-17(29-19-11-6-5-10-18(19)25)13-24(3)15-26-20(27)22(23-21(26)28)12-8-7-9-16(22)2/h5-6,10-11,16-17H,4,7-9,12-15H2,1-3H3,(H,23,28). The number of rotatable bonds is 5. The zero-order valence-electron chi connectivity index (χ0n) is 17.7. The Bertz CT molecular complexity index is 785. The van der Waals surface area contributed by atoms with Gasteiger partial charge in [-0.15, -0.1) is 0 Å². The van der Waals surface area contributed by atoms with E-state index in [9.17, 15) is 9.59 Å². The van der Waals surface area contributed by atoms with Gasteiger partial charge in [-0.1, -0.05) is 31.9 Å². The highest BCUT2D eigenvalue weighted by atomic mass is 16.5. The maximum Gasteiger partial charge on any atom is 0.326 e. The number of carbonyl (C=O) groups is 2. The van der Waals surface area contributed by atoms with Crippen LogP contribution in [0.15, 0.2) is 24.3 Å². The van der Waals surface area contributed by atoms with E-state index >= 15 is 0 Å². The number of hydrogen-bond donors (Lipinski definition) is 1. The van der Waals surface area contributed by atoms with Crippen LogP contribution < -0.4 is 15.0 Å². The monoisotopic (exact) mass is 400 g/mol. The summed E-state index contributed by atoms with van der Waals surface area (Å²) >= 11 is 0. The number of amides is 3. The number of para-hydroxylation sites is 2. The van der Waals surface area contributed by atoms with E-state index in [-0.39, 0.29) is 30.6 Å². The molecular weight excluding hydrogens is 368 g/mol. The van der Waals surface area contributed by atoms with Gasteiger partial charge in [0.1, 0.15) is 17.4 Å². The molecule has 158 valence electrons. The highest BCUT2D eigenvalue weighted by molar-refractivity contribution is 6.07. The summed E-state index contributed by atoms with van der Waals surface area (Å²) in [5.74, 6) is 1.01. The minimum Gasteiger partial charge on any atom is -0.485 e. The van der Waals surface area contributed by atoms with E-state index in [2.05, 4.69) is 30.1 Å². The third-order valence-corrected chi connectivity index (χ3v) is 6.70. The van der Waals surface area contributed by atoms with Crippen molar-refractivity contribution in [1.29, 1.82) is 0 Å². The average molecular weight is 401 g/mol. The molecule has 1 saturated carbocycles. The number of hydrogen-bond acceptors (Lipinski definition) is 5. The SMILES string of the molecule is CCN1CC(CN(C)CN2C(=O)NC3(CCCCC3C)C2=O)Oc2ccccc21. The molecule has 1 aromatic rings. The van der Waals surface area contributed by atoms with Crippen LogP contribution in [0.25, 0.3) is 0 Å². The minimum absolute atomic E-state index is 0.0156. The van der Waals surface area contributed by atoms with E-state index in [0.717, 1.165) is 50.2 Å². The Balaban J connectivity index is 1.41. The summed E-state index contributed by atoms with van der Waals surface area (Å²) in [5, 5.41) is 3.03. The Morgan fingerprint density at radius 3 is 2.83 bits per heavy atom.